The molecule has 4 heteroatoms. The van der Waals surface area contributed by atoms with Crippen LogP contribution in [0.3, 0.4) is 0 Å². The first-order valence-electron chi connectivity index (χ1n) is 6.66. The van der Waals surface area contributed by atoms with Gasteiger partial charge in [-0.15, -0.1) is 0 Å². The molecule has 0 bridgehead atoms. The predicted octanol–water partition coefficient (Wildman–Crippen LogP) is 2.99. The van der Waals surface area contributed by atoms with Crippen LogP contribution in [0.1, 0.15) is 43.2 Å². The van der Waals surface area contributed by atoms with Gasteiger partial charge >= 0.3 is 0 Å². The largest absolute Gasteiger partial charge is 0.338 e. The zero-order chi connectivity index (χ0) is 13.7. The molecule has 0 aromatic heterocycles. The highest BCUT2D eigenvalue weighted by Gasteiger charge is 2.16. The Kier molecular flexibility index (Phi) is 4.51. The summed E-state index contributed by atoms with van der Waals surface area (Å²) in [6.45, 7) is 1.11. The third-order valence-electron chi connectivity index (χ3n) is 3.38. The quantitative estimate of drug-likeness (QED) is 0.820. The Bertz CT molecular complexity index is 507. The molecule has 0 aliphatic carbocycles. The molecule has 1 aliphatic heterocycles. The van der Waals surface area contributed by atoms with Gasteiger partial charge in [-0.2, -0.15) is 5.26 Å². The van der Waals surface area contributed by atoms with Crippen molar-refractivity contribution in [3.05, 3.63) is 35.1 Å². The number of likely N-dealkylation sites (tertiary alicyclic amines) is 1. The molecule has 0 N–H and O–H groups in total. The number of rotatable bonds is 2. The highest BCUT2D eigenvalue weighted by Crippen LogP contribution is 2.16. The topological polar surface area (TPSA) is 44.1 Å². The molecular weight excluding hydrogens is 243 g/mol. The van der Waals surface area contributed by atoms with Gasteiger partial charge in [0.25, 0.3) is 0 Å². The van der Waals surface area contributed by atoms with Gasteiger partial charge < -0.3 is 4.90 Å². The van der Waals surface area contributed by atoms with Crippen LogP contribution >= 0.6 is 0 Å². The Morgan fingerprint density at radius 2 is 2.00 bits per heavy atom. The van der Waals surface area contributed by atoms with E-state index in [1.54, 1.807) is 11.0 Å². The van der Waals surface area contributed by atoms with E-state index in [1.807, 2.05) is 6.07 Å². The molecule has 1 aromatic rings. The van der Waals surface area contributed by atoms with Gasteiger partial charge in [0.15, 0.2) is 0 Å². The molecule has 1 aromatic carbocycles. The number of benzene rings is 1. The van der Waals surface area contributed by atoms with Crippen LogP contribution in [0.5, 0.6) is 0 Å². The maximum atomic E-state index is 13.4. The van der Waals surface area contributed by atoms with E-state index in [0.29, 0.717) is 24.1 Å². The van der Waals surface area contributed by atoms with Gasteiger partial charge in [0.05, 0.1) is 11.6 Å². The molecule has 1 amide bonds. The molecule has 0 saturated carbocycles. The van der Waals surface area contributed by atoms with Crippen LogP contribution < -0.4 is 0 Å². The minimum Gasteiger partial charge on any atom is -0.338 e. The lowest BCUT2D eigenvalue weighted by atomic mass is 10.1. The summed E-state index contributed by atoms with van der Waals surface area (Å²) in [5.74, 6) is -0.295. The zero-order valence-electron chi connectivity index (χ0n) is 10.9. The Morgan fingerprint density at radius 1 is 1.21 bits per heavy atom. The van der Waals surface area contributed by atoms with E-state index in [2.05, 4.69) is 0 Å². The fraction of sp³-hybridized carbons (Fsp3) is 0.467. The van der Waals surface area contributed by atoms with E-state index in [9.17, 15) is 9.18 Å². The first kappa shape index (κ1) is 13.5. The van der Waals surface area contributed by atoms with Crippen LogP contribution in [0.4, 0.5) is 4.39 Å². The van der Waals surface area contributed by atoms with Gasteiger partial charge in [0, 0.05) is 19.5 Å². The van der Waals surface area contributed by atoms with Crippen LogP contribution in [0, 0.1) is 17.1 Å². The van der Waals surface area contributed by atoms with Crippen molar-refractivity contribution in [2.24, 2.45) is 0 Å². The Labute approximate surface area is 112 Å². The lowest BCUT2D eigenvalue weighted by Gasteiger charge is -2.25. The molecular formula is C15H17FN2O. The number of halogens is 1. The summed E-state index contributed by atoms with van der Waals surface area (Å²) in [6, 6.07) is 6.19. The summed E-state index contributed by atoms with van der Waals surface area (Å²) in [4.78, 5) is 13.8. The van der Waals surface area contributed by atoms with Crippen LogP contribution in [-0.2, 0) is 11.3 Å². The molecule has 0 unspecified atom stereocenters. The average Bonchev–Trinajstić information content (AvgIpc) is 2.38. The van der Waals surface area contributed by atoms with Gasteiger partial charge in [0.1, 0.15) is 5.82 Å². The number of nitrogens with zero attached hydrogens (tertiary/aromatic N) is 2. The lowest BCUT2D eigenvalue weighted by Crippen LogP contribution is -2.32. The second-order valence-electron chi connectivity index (χ2n) is 4.94. The number of amides is 1. The summed E-state index contributed by atoms with van der Waals surface area (Å²) in [5.41, 5.74) is 0.986. The SMILES string of the molecule is N#Cc1cc(F)cc(CN2CCCCCCC2=O)c1. The smallest absolute Gasteiger partial charge is 0.222 e. The normalized spacial score (nSPS) is 16.6. The fourth-order valence-electron chi connectivity index (χ4n) is 2.41. The third kappa shape index (κ3) is 3.78. The predicted molar refractivity (Wildman–Crippen MR) is 69.6 cm³/mol. The van der Waals surface area contributed by atoms with Crippen LogP contribution in [-0.4, -0.2) is 17.4 Å². The standard InChI is InChI=1S/C15H17FN2O/c16-14-8-12(10-17)7-13(9-14)11-18-6-4-2-1-3-5-15(18)19/h7-9H,1-6,11H2. The number of nitriles is 1. The molecule has 0 radical (unpaired) electrons. The molecule has 0 atom stereocenters. The zero-order valence-corrected chi connectivity index (χ0v) is 10.9. The second-order valence-corrected chi connectivity index (χ2v) is 4.94. The first-order chi connectivity index (χ1) is 9.19. The fourth-order valence-corrected chi connectivity index (χ4v) is 2.41. The maximum Gasteiger partial charge on any atom is 0.222 e. The van der Waals surface area contributed by atoms with E-state index >= 15 is 0 Å². The highest BCUT2D eigenvalue weighted by atomic mass is 19.1. The maximum absolute atomic E-state index is 13.4. The van der Waals surface area contributed by atoms with E-state index in [1.165, 1.54) is 12.1 Å². The summed E-state index contributed by atoms with van der Waals surface area (Å²) in [5, 5.41) is 8.83. The van der Waals surface area contributed by atoms with Gasteiger partial charge in [-0.3, -0.25) is 4.79 Å². The van der Waals surface area contributed by atoms with Gasteiger partial charge in [-0.1, -0.05) is 12.8 Å². The van der Waals surface area contributed by atoms with Crippen LogP contribution in [0.25, 0.3) is 0 Å². The Hall–Kier alpha value is -1.89. The van der Waals surface area contributed by atoms with Crippen molar-refractivity contribution in [2.45, 2.75) is 38.6 Å². The number of carbonyl (C=O) groups excluding carboxylic acids is 1. The summed E-state index contributed by atoms with van der Waals surface area (Å²) < 4.78 is 13.4. The molecule has 0 spiro atoms. The number of hydrogen-bond donors (Lipinski definition) is 0. The summed E-state index contributed by atoms with van der Waals surface area (Å²) in [6.07, 6.45) is 4.74. The van der Waals surface area contributed by atoms with E-state index in [4.69, 9.17) is 5.26 Å². The van der Waals surface area contributed by atoms with Crippen molar-refractivity contribution in [1.29, 1.82) is 5.26 Å². The second kappa shape index (κ2) is 6.33. The number of carbonyl (C=O) groups is 1. The van der Waals surface area contributed by atoms with E-state index in [0.717, 1.165) is 32.2 Å². The first-order valence-corrected chi connectivity index (χ1v) is 6.66. The van der Waals surface area contributed by atoms with Gasteiger partial charge in [0.2, 0.25) is 5.91 Å². The highest BCUT2D eigenvalue weighted by molar-refractivity contribution is 5.76. The molecule has 1 aliphatic rings. The Morgan fingerprint density at radius 3 is 2.79 bits per heavy atom. The molecule has 2 rings (SSSR count). The minimum atomic E-state index is -0.423. The van der Waals surface area contributed by atoms with Gasteiger partial charge in [-0.25, -0.2) is 4.39 Å². The van der Waals surface area contributed by atoms with Crippen LogP contribution in [0.15, 0.2) is 18.2 Å². The van der Waals surface area contributed by atoms with Crippen molar-refractivity contribution in [3.63, 3.8) is 0 Å². The average molecular weight is 260 g/mol. The molecule has 3 nitrogen and oxygen atoms in total. The minimum absolute atomic E-state index is 0.127. The summed E-state index contributed by atoms with van der Waals surface area (Å²) >= 11 is 0. The summed E-state index contributed by atoms with van der Waals surface area (Å²) in [7, 11) is 0. The van der Waals surface area contributed by atoms with Crippen molar-refractivity contribution in [1.82, 2.24) is 4.90 Å². The van der Waals surface area contributed by atoms with Crippen molar-refractivity contribution < 1.29 is 9.18 Å². The van der Waals surface area contributed by atoms with Gasteiger partial charge in [-0.05, 0) is 36.6 Å². The molecule has 1 fully saturated rings. The monoisotopic (exact) mass is 260 g/mol. The Balaban J connectivity index is 2.12. The molecule has 1 saturated heterocycles. The van der Waals surface area contributed by atoms with Crippen molar-refractivity contribution >= 4 is 5.91 Å². The molecule has 19 heavy (non-hydrogen) atoms. The van der Waals surface area contributed by atoms with Crippen molar-refractivity contribution in [3.8, 4) is 6.07 Å². The van der Waals surface area contributed by atoms with E-state index in [-0.39, 0.29) is 5.91 Å². The molecule has 100 valence electrons. The number of hydrogen-bond acceptors (Lipinski definition) is 2. The molecule has 1 heterocycles. The third-order valence-corrected chi connectivity index (χ3v) is 3.38. The van der Waals surface area contributed by atoms with Crippen LogP contribution in [0.2, 0.25) is 0 Å². The lowest BCUT2D eigenvalue weighted by molar-refractivity contribution is -0.132. The van der Waals surface area contributed by atoms with E-state index < -0.39 is 5.82 Å². The van der Waals surface area contributed by atoms with Crippen molar-refractivity contribution in [2.75, 3.05) is 6.54 Å².